The van der Waals surface area contributed by atoms with E-state index >= 15 is 0 Å². The molecule has 0 aliphatic carbocycles. The average Bonchev–Trinajstić information content (AvgIpc) is 2.42. The first-order chi connectivity index (χ1) is 9.47. The quantitative estimate of drug-likeness (QED) is 0.623. The second-order valence-electron chi connectivity index (χ2n) is 4.69. The van der Waals surface area contributed by atoms with Crippen molar-refractivity contribution in [3.63, 3.8) is 0 Å². The molecule has 0 saturated carbocycles. The standard InChI is InChI=1S/C14H16ClNO4/c1-7-8(2)14(19)20-13-9(7)5-11(15)12(18)10(13)6-16-3-4-17/h5,16-18H,3-4,6H2,1-2H3. The molecule has 0 radical (unpaired) electrons. The van der Waals surface area contributed by atoms with Crippen molar-refractivity contribution >= 4 is 22.6 Å². The molecule has 0 aliphatic heterocycles. The van der Waals surface area contributed by atoms with Crippen LogP contribution in [0.25, 0.3) is 11.0 Å². The molecule has 3 N–H and O–H groups in total. The fraction of sp³-hybridized carbons (Fsp3) is 0.357. The first kappa shape index (κ1) is 14.8. The summed E-state index contributed by atoms with van der Waals surface area (Å²) in [5, 5.41) is 23.5. The second-order valence-corrected chi connectivity index (χ2v) is 5.09. The Hall–Kier alpha value is -1.56. The molecule has 6 heteroatoms. The van der Waals surface area contributed by atoms with E-state index in [0.29, 0.717) is 35.2 Å². The minimum Gasteiger partial charge on any atom is -0.871 e. The normalized spacial score (nSPS) is 11.2. The number of hydrogen-bond donors (Lipinski definition) is 2. The Bertz CT molecular complexity index is 709. The summed E-state index contributed by atoms with van der Waals surface area (Å²) in [6, 6.07) is 1.54. The zero-order valence-corrected chi connectivity index (χ0v) is 12.1. The first-order valence-electron chi connectivity index (χ1n) is 6.32. The first-order valence-corrected chi connectivity index (χ1v) is 6.70. The molecule has 2 aromatic rings. The lowest BCUT2D eigenvalue weighted by molar-refractivity contribution is -0.671. The Kier molecular flexibility index (Phi) is 4.32. The molecular formula is C14H16ClNO4. The Balaban J connectivity index is 2.70. The van der Waals surface area contributed by atoms with Gasteiger partial charge in [-0.05, 0) is 25.5 Å². The van der Waals surface area contributed by atoms with Crippen molar-refractivity contribution in [3.8, 4) is 5.75 Å². The zero-order valence-electron chi connectivity index (χ0n) is 11.3. The third-order valence-corrected chi connectivity index (χ3v) is 3.71. The number of nitrogens with two attached hydrogens (primary N) is 1. The van der Waals surface area contributed by atoms with Crippen molar-refractivity contribution in [2.24, 2.45) is 0 Å². The molecule has 0 bridgehead atoms. The molecular weight excluding hydrogens is 282 g/mol. The highest BCUT2D eigenvalue weighted by molar-refractivity contribution is 6.33. The number of aliphatic hydroxyl groups excluding tert-OH is 1. The minimum absolute atomic E-state index is 0.00870. The number of aryl methyl sites for hydroxylation is 1. The van der Waals surface area contributed by atoms with Gasteiger partial charge in [0.1, 0.15) is 12.1 Å². The molecule has 0 amide bonds. The Labute approximate surface area is 120 Å². The van der Waals surface area contributed by atoms with Crippen LogP contribution in [0.2, 0.25) is 5.02 Å². The van der Waals surface area contributed by atoms with E-state index in [0.717, 1.165) is 5.56 Å². The summed E-state index contributed by atoms with van der Waals surface area (Å²) in [6.45, 7) is 4.26. The zero-order chi connectivity index (χ0) is 14.9. The summed E-state index contributed by atoms with van der Waals surface area (Å²) >= 11 is 5.97. The van der Waals surface area contributed by atoms with Gasteiger partial charge in [0.2, 0.25) is 0 Å². The number of halogens is 1. The monoisotopic (exact) mass is 297 g/mol. The van der Waals surface area contributed by atoms with Gasteiger partial charge >= 0.3 is 5.63 Å². The fourth-order valence-electron chi connectivity index (χ4n) is 2.11. The highest BCUT2D eigenvalue weighted by Crippen LogP contribution is 2.33. The third-order valence-electron chi connectivity index (χ3n) is 3.43. The Morgan fingerprint density at radius 3 is 2.75 bits per heavy atom. The van der Waals surface area contributed by atoms with E-state index < -0.39 is 5.63 Å². The van der Waals surface area contributed by atoms with E-state index in [1.807, 2.05) is 0 Å². The van der Waals surface area contributed by atoms with Crippen molar-refractivity contribution in [2.45, 2.75) is 20.4 Å². The van der Waals surface area contributed by atoms with Gasteiger partial charge in [0.25, 0.3) is 0 Å². The van der Waals surface area contributed by atoms with E-state index in [1.165, 1.54) is 0 Å². The van der Waals surface area contributed by atoms with Gasteiger partial charge in [-0.2, -0.15) is 0 Å². The van der Waals surface area contributed by atoms with Crippen LogP contribution < -0.4 is 16.0 Å². The fourth-order valence-corrected chi connectivity index (χ4v) is 2.33. The molecule has 0 atom stereocenters. The van der Waals surface area contributed by atoms with Crippen LogP contribution in [-0.2, 0) is 6.54 Å². The van der Waals surface area contributed by atoms with Gasteiger partial charge in [-0.25, -0.2) is 4.79 Å². The molecule has 5 nitrogen and oxygen atoms in total. The highest BCUT2D eigenvalue weighted by atomic mass is 35.5. The van der Waals surface area contributed by atoms with Crippen molar-refractivity contribution in [1.29, 1.82) is 0 Å². The number of aliphatic hydroxyl groups is 1. The maximum atomic E-state index is 12.1. The predicted molar refractivity (Wildman–Crippen MR) is 74.0 cm³/mol. The molecule has 2 rings (SSSR count). The van der Waals surface area contributed by atoms with Gasteiger partial charge in [0.15, 0.2) is 0 Å². The third kappa shape index (κ3) is 2.52. The lowest BCUT2D eigenvalue weighted by atomic mass is 10.0. The molecule has 0 spiro atoms. The number of hydrogen-bond acceptors (Lipinski definition) is 4. The van der Waals surface area contributed by atoms with E-state index in [1.54, 1.807) is 25.2 Å². The van der Waals surface area contributed by atoms with Crippen LogP contribution in [0.5, 0.6) is 5.75 Å². The van der Waals surface area contributed by atoms with E-state index in [-0.39, 0.29) is 17.4 Å². The summed E-state index contributed by atoms with van der Waals surface area (Å²) < 4.78 is 5.27. The molecule has 0 aliphatic rings. The van der Waals surface area contributed by atoms with Gasteiger partial charge in [0.05, 0.1) is 13.2 Å². The lowest BCUT2D eigenvalue weighted by Crippen LogP contribution is -2.83. The summed E-state index contributed by atoms with van der Waals surface area (Å²) in [5.41, 5.74) is 1.49. The predicted octanol–water partition coefficient (Wildman–Crippen LogP) is 0.193. The number of quaternary nitrogens is 1. The highest BCUT2D eigenvalue weighted by Gasteiger charge is 2.14. The Morgan fingerprint density at radius 2 is 2.10 bits per heavy atom. The van der Waals surface area contributed by atoms with Crippen molar-refractivity contribution < 1.29 is 19.9 Å². The van der Waals surface area contributed by atoms with Crippen molar-refractivity contribution in [3.05, 3.63) is 38.2 Å². The van der Waals surface area contributed by atoms with Crippen molar-refractivity contribution in [1.82, 2.24) is 0 Å². The van der Waals surface area contributed by atoms with E-state index in [9.17, 15) is 9.90 Å². The molecule has 20 heavy (non-hydrogen) atoms. The van der Waals surface area contributed by atoms with Crippen LogP contribution in [0.3, 0.4) is 0 Å². The lowest BCUT2D eigenvalue weighted by Gasteiger charge is -2.17. The van der Waals surface area contributed by atoms with Crippen LogP contribution >= 0.6 is 11.6 Å². The number of fused-ring (bicyclic) bond motifs is 1. The summed E-state index contributed by atoms with van der Waals surface area (Å²) in [6.07, 6.45) is 0. The largest absolute Gasteiger partial charge is 0.871 e. The van der Waals surface area contributed by atoms with Gasteiger partial charge in [-0.15, -0.1) is 0 Å². The Morgan fingerprint density at radius 1 is 1.40 bits per heavy atom. The maximum absolute atomic E-state index is 12.1. The smallest absolute Gasteiger partial charge is 0.339 e. The minimum atomic E-state index is -0.444. The second kappa shape index (κ2) is 5.83. The molecule has 0 fully saturated rings. The van der Waals surface area contributed by atoms with E-state index in [2.05, 4.69) is 0 Å². The summed E-state index contributed by atoms with van der Waals surface area (Å²) in [5.74, 6) is -0.334. The molecule has 0 unspecified atom stereocenters. The number of benzene rings is 1. The van der Waals surface area contributed by atoms with Crippen LogP contribution in [0.15, 0.2) is 15.3 Å². The maximum Gasteiger partial charge on any atom is 0.339 e. The van der Waals surface area contributed by atoms with Crippen molar-refractivity contribution in [2.75, 3.05) is 13.2 Å². The van der Waals surface area contributed by atoms with Gasteiger partial charge in [-0.1, -0.05) is 17.4 Å². The van der Waals surface area contributed by atoms with Crippen LogP contribution in [0, 0.1) is 13.8 Å². The van der Waals surface area contributed by atoms with Gasteiger partial charge in [-0.3, -0.25) is 0 Å². The molecule has 1 heterocycles. The van der Waals surface area contributed by atoms with Crippen LogP contribution in [0.1, 0.15) is 16.7 Å². The molecule has 0 saturated heterocycles. The topological polar surface area (TPSA) is 90.1 Å². The van der Waals surface area contributed by atoms with Crippen LogP contribution in [0.4, 0.5) is 0 Å². The van der Waals surface area contributed by atoms with Gasteiger partial charge < -0.3 is 19.9 Å². The SMILES string of the molecule is Cc1c(C)c2cc(Cl)c([O-])c(C[NH2+]CCO)c2oc1=O. The van der Waals surface area contributed by atoms with E-state index in [4.69, 9.17) is 21.1 Å². The van der Waals surface area contributed by atoms with Crippen LogP contribution in [-0.4, -0.2) is 18.3 Å². The average molecular weight is 298 g/mol. The van der Waals surface area contributed by atoms with Gasteiger partial charge in [0, 0.05) is 21.5 Å². The molecule has 108 valence electrons. The molecule has 1 aromatic carbocycles. The summed E-state index contributed by atoms with van der Waals surface area (Å²) in [4.78, 5) is 11.8. The number of rotatable bonds is 4. The molecule has 1 aromatic heterocycles. The summed E-state index contributed by atoms with van der Waals surface area (Å²) in [7, 11) is 0.